The fourth-order valence-corrected chi connectivity index (χ4v) is 2.70. The van der Waals surface area contributed by atoms with E-state index in [1.54, 1.807) is 0 Å². The van der Waals surface area contributed by atoms with Gasteiger partial charge >= 0.3 is 0 Å². The maximum absolute atomic E-state index is 8.64. The van der Waals surface area contributed by atoms with Gasteiger partial charge in [-0.05, 0) is 12.3 Å². The molecule has 0 aromatic heterocycles. The fourth-order valence-electron chi connectivity index (χ4n) is 1.33. The third-order valence-corrected chi connectivity index (χ3v) is 4.08. The topological polar surface area (TPSA) is 40.5 Å². The van der Waals surface area contributed by atoms with Crippen molar-refractivity contribution in [2.45, 2.75) is 52.4 Å². The van der Waals surface area contributed by atoms with E-state index in [0.717, 1.165) is 18.1 Å². The Morgan fingerprint density at radius 1 is 1.00 bits per heavy atom. The van der Waals surface area contributed by atoms with Crippen LogP contribution in [-0.4, -0.2) is 15.5 Å². The standard InChI is InChI=1S/C10H23O2PS/c1-10(2)8-6-4-3-5-7-9-14-13(11)12/h10-12H,3-9H2,1-2H3. The van der Waals surface area contributed by atoms with Crippen LogP contribution in [0.1, 0.15) is 52.4 Å². The van der Waals surface area contributed by atoms with Crippen molar-refractivity contribution in [1.29, 1.82) is 0 Å². The second-order valence-electron chi connectivity index (χ2n) is 4.04. The van der Waals surface area contributed by atoms with Gasteiger partial charge in [0.25, 0.3) is 0 Å². The van der Waals surface area contributed by atoms with Gasteiger partial charge in [0.1, 0.15) is 0 Å². The number of hydrogen-bond acceptors (Lipinski definition) is 3. The molecule has 2 nitrogen and oxygen atoms in total. The van der Waals surface area contributed by atoms with Gasteiger partial charge in [0.2, 0.25) is 7.58 Å². The first-order valence-electron chi connectivity index (χ1n) is 5.43. The smallest absolute Gasteiger partial charge is 0.232 e. The van der Waals surface area contributed by atoms with Crippen molar-refractivity contribution < 1.29 is 9.79 Å². The summed E-state index contributed by atoms with van der Waals surface area (Å²) in [4.78, 5) is 17.3. The van der Waals surface area contributed by atoms with E-state index in [2.05, 4.69) is 13.8 Å². The van der Waals surface area contributed by atoms with Crippen molar-refractivity contribution in [2.24, 2.45) is 5.92 Å². The number of unbranched alkanes of at least 4 members (excludes halogenated alkanes) is 4. The number of rotatable bonds is 9. The molecule has 0 amide bonds. The van der Waals surface area contributed by atoms with Crippen LogP contribution < -0.4 is 0 Å². The first-order valence-corrected chi connectivity index (χ1v) is 8.27. The van der Waals surface area contributed by atoms with Crippen molar-refractivity contribution in [2.75, 3.05) is 5.75 Å². The summed E-state index contributed by atoms with van der Waals surface area (Å²) in [7, 11) is -1.72. The van der Waals surface area contributed by atoms with Gasteiger partial charge in [-0.3, -0.25) is 0 Å². The molecule has 0 saturated carbocycles. The summed E-state index contributed by atoms with van der Waals surface area (Å²) < 4.78 is 0. The van der Waals surface area contributed by atoms with Gasteiger partial charge in [-0.25, -0.2) is 0 Å². The Kier molecular flexibility index (Phi) is 10.7. The summed E-state index contributed by atoms with van der Waals surface area (Å²) in [6.45, 7) is 4.53. The van der Waals surface area contributed by atoms with E-state index in [0.29, 0.717) is 0 Å². The van der Waals surface area contributed by atoms with Crippen LogP contribution in [0.2, 0.25) is 0 Å². The van der Waals surface area contributed by atoms with Gasteiger partial charge in [-0.1, -0.05) is 57.3 Å². The molecule has 0 aliphatic carbocycles. The molecular formula is C10H23O2PS. The molecule has 0 heterocycles. The maximum atomic E-state index is 8.64. The highest BCUT2D eigenvalue weighted by atomic mass is 32.7. The van der Waals surface area contributed by atoms with Crippen LogP contribution >= 0.6 is 19.0 Å². The Labute approximate surface area is 93.2 Å². The third kappa shape index (κ3) is 12.7. The maximum Gasteiger partial charge on any atom is 0.232 e. The zero-order valence-corrected chi connectivity index (χ0v) is 11.0. The van der Waals surface area contributed by atoms with Crippen LogP contribution in [0.4, 0.5) is 0 Å². The first-order chi connectivity index (χ1) is 6.63. The molecule has 0 atom stereocenters. The van der Waals surface area contributed by atoms with Crippen molar-refractivity contribution in [1.82, 2.24) is 0 Å². The van der Waals surface area contributed by atoms with Crippen molar-refractivity contribution in [3.63, 3.8) is 0 Å². The highest BCUT2D eigenvalue weighted by molar-refractivity contribution is 8.52. The average molecular weight is 238 g/mol. The minimum Gasteiger partial charge on any atom is -0.342 e. The third-order valence-electron chi connectivity index (χ3n) is 2.13. The molecule has 0 radical (unpaired) electrons. The summed E-state index contributed by atoms with van der Waals surface area (Å²) in [6, 6.07) is 0. The normalized spacial score (nSPS) is 11.6. The van der Waals surface area contributed by atoms with Crippen LogP contribution in [0.25, 0.3) is 0 Å². The van der Waals surface area contributed by atoms with Crippen molar-refractivity contribution >= 4 is 19.0 Å². The summed E-state index contributed by atoms with van der Waals surface area (Å²) in [5, 5.41) is 0. The Morgan fingerprint density at radius 2 is 1.57 bits per heavy atom. The van der Waals surface area contributed by atoms with Crippen LogP contribution in [0.3, 0.4) is 0 Å². The molecule has 86 valence electrons. The molecule has 0 rings (SSSR count). The fraction of sp³-hybridized carbons (Fsp3) is 1.00. The molecule has 4 heteroatoms. The Hall–Kier alpha value is 0.700. The van der Waals surface area contributed by atoms with E-state index >= 15 is 0 Å². The lowest BCUT2D eigenvalue weighted by atomic mass is 10.0. The molecule has 14 heavy (non-hydrogen) atoms. The molecule has 0 aromatic rings. The highest BCUT2D eigenvalue weighted by Crippen LogP contribution is 2.41. The number of hydrogen-bond donors (Lipinski definition) is 2. The van der Waals surface area contributed by atoms with Gasteiger partial charge in [-0.15, -0.1) is 0 Å². The van der Waals surface area contributed by atoms with Crippen LogP contribution in [0, 0.1) is 5.92 Å². The zero-order chi connectivity index (χ0) is 10.8. The Balaban J connectivity index is 2.92. The van der Waals surface area contributed by atoms with Gasteiger partial charge in [0.05, 0.1) is 0 Å². The monoisotopic (exact) mass is 238 g/mol. The van der Waals surface area contributed by atoms with Gasteiger partial charge < -0.3 is 9.79 Å². The molecule has 0 saturated heterocycles. The van der Waals surface area contributed by atoms with E-state index in [4.69, 9.17) is 9.79 Å². The lowest BCUT2D eigenvalue weighted by Gasteiger charge is -2.04. The lowest BCUT2D eigenvalue weighted by molar-refractivity contribution is 0.505. The minimum absolute atomic E-state index is 0.831. The Bertz CT molecular complexity index is 107. The molecular weight excluding hydrogens is 215 g/mol. The molecule has 0 aromatic carbocycles. The molecule has 2 N–H and O–H groups in total. The van der Waals surface area contributed by atoms with Crippen molar-refractivity contribution in [3.05, 3.63) is 0 Å². The van der Waals surface area contributed by atoms with E-state index in [1.807, 2.05) is 0 Å². The summed E-state index contributed by atoms with van der Waals surface area (Å²) in [6.07, 6.45) is 7.66. The predicted octanol–water partition coefficient (Wildman–Crippen LogP) is 3.93. The largest absolute Gasteiger partial charge is 0.342 e. The highest BCUT2D eigenvalue weighted by Gasteiger charge is 1.98. The van der Waals surface area contributed by atoms with E-state index < -0.39 is 7.58 Å². The minimum atomic E-state index is -1.72. The summed E-state index contributed by atoms with van der Waals surface area (Å²) in [5.74, 6) is 1.72. The van der Waals surface area contributed by atoms with Gasteiger partial charge in [-0.2, -0.15) is 0 Å². The lowest BCUT2D eigenvalue weighted by Crippen LogP contribution is -1.87. The summed E-state index contributed by atoms with van der Waals surface area (Å²) in [5.41, 5.74) is 0. The van der Waals surface area contributed by atoms with Crippen LogP contribution in [0.5, 0.6) is 0 Å². The van der Waals surface area contributed by atoms with Crippen LogP contribution in [-0.2, 0) is 0 Å². The first kappa shape index (κ1) is 14.7. The quantitative estimate of drug-likeness (QED) is 0.472. The molecule has 0 bridgehead atoms. The van der Waals surface area contributed by atoms with E-state index in [1.165, 1.54) is 43.5 Å². The predicted molar refractivity (Wildman–Crippen MR) is 66.4 cm³/mol. The molecule has 0 unspecified atom stereocenters. The molecule has 0 spiro atoms. The molecule has 0 aliphatic heterocycles. The van der Waals surface area contributed by atoms with E-state index in [9.17, 15) is 0 Å². The van der Waals surface area contributed by atoms with Gasteiger partial charge in [0, 0.05) is 5.75 Å². The van der Waals surface area contributed by atoms with Gasteiger partial charge in [0.15, 0.2) is 0 Å². The van der Waals surface area contributed by atoms with E-state index in [-0.39, 0.29) is 0 Å². The SMILES string of the molecule is CC(C)CCCCCCCSP(O)O. The summed E-state index contributed by atoms with van der Waals surface area (Å²) >= 11 is 1.28. The van der Waals surface area contributed by atoms with Crippen LogP contribution in [0.15, 0.2) is 0 Å². The average Bonchev–Trinajstić information content (AvgIpc) is 2.08. The molecule has 0 aliphatic rings. The van der Waals surface area contributed by atoms with Crippen molar-refractivity contribution in [3.8, 4) is 0 Å². The molecule has 0 fully saturated rings. The Morgan fingerprint density at radius 3 is 2.14 bits per heavy atom. The second kappa shape index (κ2) is 10.2. The zero-order valence-electron chi connectivity index (χ0n) is 9.28. The second-order valence-corrected chi connectivity index (χ2v) is 6.96.